The predicted octanol–water partition coefficient (Wildman–Crippen LogP) is 3.39. The van der Waals surface area contributed by atoms with Crippen molar-refractivity contribution in [1.29, 1.82) is 0 Å². The SMILES string of the molecule is CCN(CC)S(=O)(=O)c1ccc(Cl)c(C(=O)NCCCCNc2ccccn2)c1. The van der Waals surface area contributed by atoms with Crippen LogP contribution in [0.3, 0.4) is 0 Å². The number of carbonyl (C=O) groups is 1. The number of pyridine rings is 1. The second kappa shape index (κ2) is 11.1. The summed E-state index contributed by atoms with van der Waals surface area (Å²) in [5.74, 6) is 0.429. The molecule has 0 spiro atoms. The number of unbranched alkanes of at least 4 members (excludes halogenated alkanes) is 1. The first-order chi connectivity index (χ1) is 13.9. The Morgan fingerprint density at radius 1 is 1.10 bits per heavy atom. The molecule has 0 aliphatic rings. The van der Waals surface area contributed by atoms with Gasteiger partial charge in [-0.15, -0.1) is 0 Å². The van der Waals surface area contributed by atoms with Gasteiger partial charge in [0, 0.05) is 32.4 Å². The molecular weight excluding hydrogens is 412 g/mol. The minimum absolute atomic E-state index is 0.0651. The molecule has 0 bridgehead atoms. The maximum absolute atomic E-state index is 12.7. The lowest BCUT2D eigenvalue weighted by molar-refractivity contribution is 0.0953. The zero-order valence-electron chi connectivity index (χ0n) is 16.7. The first-order valence-corrected chi connectivity index (χ1v) is 11.4. The highest BCUT2D eigenvalue weighted by Crippen LogP contribution is 2.23. The van der Waals surface area contributed by atoms with E-state index in [2.05, 4.69) is 15.6 Å². The van der Waals surface area contributed by atoms with Gasteiger partial charge in [0.1, 0.15) is 5.82 Å². The van der Waals surface area contributed by atoms with E-state index in [0.29, 0.717) is 19.6 Å². The van der Waals surface area contributed by atoms with E-state index in [0.717, 1.165) is 25.2 Å². The van der Waals surface area contributed by atoms with E-state index < -0.39 is 10.0 Å². The molecule has 1 amide bonds. The van der Waals surface area contributed by atoms with Gasteiger partial charge in [-0.05, 0) is 43.2 Å². The lowest BCUT2D eigenvalue weighted by atomic mass is 10.2. The minimum atomic E-state index is -3.65. The van der Waals surface area contributed by atoms with Crippen molar-refractivity contribution in [3.63, 3.8) is 0 Å². The van der Waals surface area contributed by atoms with Crippen molar-refractivity contribution in [3.8, 4) is 0 Å². The Labute approximate surface area is 177 Å². The van der Waals surface area contributed by atoms with Crippen LogP contribution in [-0.4, -0.2) is 49.8 Å². The van der Waals surface area contributed by atoms with Crippen LogP contribution in [0.1, 0.15) is 37.0 Å². The average Bonchev–Trinajstić information content (AvgIpc) is 2.72. The molecule has 0 aliphatic carbocycles. The summed E-state index contributed by atoms with van der Waals surface area (Å²) in [4.78, 5) is 16.7. The van der Waals surface area contributed by atoms with Gasteiger partial charge in [-0.2, -0.15) is 4.31 Å². The largest absolute Gasteiger partial charge is 0.370 e. The number of aromatic nitrogens is 1. The van der Waals surface area contributed by atoms with Crippen molar-refractivity contribution in [1.82, 2.24) is 14.6 Å². The van der Waals surface area contributed by atoms with Gasteiger partial charge >= 0.3 is 0 Å². The third kappa shape index (κ3) is 6.42. The van der Waals surface area contributed by atoms with Crippen molar-refractivity contribution in [2.45, 2.75) is 31.6 Å². The van der Waals surface area contributed by atoms with E-state index in [1.807, 2.05) is 18.2 Å². The van der Waals surface area contributed by atoms with E-state index in [1.165, 1.54) is 22.5 Å². The van der Waals surface area contributed by atoms with E-state index in [-0.39, 0.29) is 21.4 Å². The van der Waals surface area contributed by atoms with Crippen LogP contribution in [0, 0.1) is 0 Å². The molecule has 2 aromatic rings. The molecule has 2 rings (SSSR count). The Morgan fingerprint density at radius 3 is 2.48 bits per heavy atom. The smallest absolute Gasteiger partial charge is 0.252 e. The van der Waals surface area contributed by atoms with Crippen LogP contribution in [0.5, 0.6) is 0 Å². The lowest BCUT2D eigenvalue weighted by Gasteiger charge is -2.19. The molecule has 2 N–H and O–H groups in total. The number of nitrogens with zero attached hydrogens (tertiary/aromatic N) is 2. The Morgan fingerprint density at radius 2 is 1.83 bits per heavy atom. The first kappa shape index (κ1) is 23.1. The first-order valence-electron chi connectivity index (χ1n) is 9.63. The quantitative estimate of drug-likeness (QED) is 0.525. The summed E-state index contributed by atoms with van der Waals surface area (Å²) in [7, 11) is -3.65. The van der Waals surface area contributed by atoms with Crippen LogP contribution in [-0.2, 0) is 10.0 Å². The number of sulfonamides is 1. The summed E-state index contributed by atoms with van der Waals surface area (Å²) in [5, 5.41) is 6.22. The molecule has 1 aromatic carbocycles. The third-order valence-electron chi connectivity index (χ3n) is 4.39. The lowest BCUT2D eigenvalue weighted by Crippen LogP contribution is -2.31. The van der Waals surface area contributed by atoms with Crippen molar-refractivity contribution in [3.05, 3.63) is 53.2 Å². The molecular formula is C20H27ClN4O3S. The number of carbonyl (C=O) groups excluding carboxylic acids is 1. The van der Waals surface area contributed by atoms with Gasteiger partial charge in [-0.3, -0.25) is 4.79 Å². The fourth-order valence-electron chi connectivity index (χ4n) is 2.78. The second-order valence-corrected chi connectivity index (χ2v) is 8.68. The molecule has 0 aliphatic heterocycles. The molecule has 0 unspecified atom stereocenters. The summed E-state index contributed by atoms with van der Waals surface area (Å²) in [6.45, 7) is 5.46. The maximum Gasteiger partial charge on any atom is 0.252 e. The summed E-state index contributed by atoms with van der Waals surface area (Å²) in [6.07, 6.45) is 3.34. The van der Waals surface area contributed by atoms with Crippen molar-refractivity contribution in [2.24, 2.45) is 0 Å². The Balaban J connectivity index is 1.90. The summed E-state index contributed by atoms with van der Waals surface area (Å²) in [6, 6.07) is 9.87. The van der Waals surface area contributed by atoms with Gasteiger partial charge in [-0.1, -0.05) is 31.5 Å². The maximum atomic E-state index is 12.7. The number of amides is 1. The summed E-state index contributed by atoms with van der Waals surface area (Å²) in [5.41, 5.74) is 0.159. The van der Waals surface area contributed by atoms with E-state index in [9.17, 15) is 13.2 Å². The van der Waals surface area contributed by atoms with Gasteiger partial charge in [0.25, 0.3) is 5.91 Å². The van der Waals surface area contributed by atoms with E-state index in [1.54, 1.807) is 20.0 Å². The van der Waals surface area contributed by atoms with Crippen LogP contribution in [0.15, 0.2) is 47.5 Å². The zero-order chi connectivity index (χ0) is 21.3. The highest BCUT2D eigenvalue weighted by molar-refractivity contribution is 7.89. The number of hydrogen-bond donors (Lipinski definition) is 2. The summed E-state index contributed by atoms with van der Waals surface area (Å²) >= 11 is 6.13. The van der Waals surface area contributed by atoms with Crippen LogP contribution >= 0.6 is 11.6 Å². The fraction of sp³-hybridized carbons (Fsp3) is 0.400. The molecule has 1 heterocycles. The van der Waals surface area contributed by atoms with Crippen molar-refractivity contribution >= 4 is 33.3 Å². The Hall–Kier alpha value is -2.16. The number of halogens is 1. The number of anilines is 1. The molecule has 9 heteroatoms. The normalized spacial score (nSPS) is 11.4. The molecule has 0 saturated carbocycles. The number of rotatable bonds is 11. The topological polar surface area (TPSA) is 91.4 Å². The van der Waals surface area contributed by atoms with Gasteiger partial charge in [0.15, 0.2) is 0 Å². The van der Waals surface area contributed by atoms with Crippen LogP contribution < -0.4 is 10.6 Å². The predicted molar refractivity (Wildman–Crippen MR) is 116 cm³/mol. The standard InChI is InChI=1S/C20H27ClN4O3S/c1-3-25(4-2)29(27,28)16-10-11-18(21)17(15-16)20(26)24-14-8-7-13-23-19-9-5-6-12-22-19/h5-6,9-12,15H,3-4,7-8,13-14H2,1-2H3,(H,22,23)(H,24,26). The number of hydrogen-bond acceptors (Lipinski definition) is 5. The molecule has 0 saturated heterocycles. The van der Waals surface area contributed by atoms with Gasteiger partial charge in [0.2, 0.25) is 10.0 Å². The monoisotopic (exact) mass is 438 g/mol. The molecule has 158 valence electrons. The Bertz CT molecular complexity index is 903. The minimum Gasteiger partial charge on any atom is -0.370 e. The van der Waals surface area contributed by atoms with Crippen LogP contribution in [0.4, 0.5) is 5.82 Å². The van der Waals surface area contributed by atoms with Gasteiger partial charge < -0.3 is 10.6 Å². The number of benzene rings is 1. The molecule has 7 nitrogen and oxygen atoms in total. The Kier molecular flexibility index (Phi) is 8.88. The van der Waals surface area contributed by atoms with Crippen molar-refractivity contribution < 1.29 is 13.2 Å². The fourth-order valence-corrected chi connectivity index (χ4v) is 4.47. The molecule has 0 fully saturated rings. The van der Waals surface area contributed by atoms with Gasteiger partial charge in [0.05, 0.1) is 15.5 Å². The second-order valence-electron chi connectivity index (χ2n) is 6.34. The molecule has 0 atom stereocenters. The summed E-state index contributed by atoms with van der Waals surface area (Å²) < 4.78 is 26.7. The van der Waals surface area contributed by atoms with E-state index >= 15 is 0 Å². The zero-order valence-corrected chi connectivity index (χ0v) is 18.3. The average molecular weight is 439 g/mol. The van der Waals surface area contributed by atoms with Gasteiger partial charge in [-0.25, -0.2) is 13.4 Å². The molecule has 1 aromatic heterocycles. The highest BCUT2D eigenvalue weighted by Gasteiger charge is 2.23. The highest BCUT2D eigenvalue weighted by atomic mass is 35.5. The third-order valence-corrected chi connectivity index (χ3v) is 6.76. The molecule has 29 heavy (non-hydrogen) atoms. The van der Waals surface area contributed by atoms with E-state index in [4.69, 9.17) is 11.6 Å². The van der Waals surface area contributed by atoms with Crippen LogP contribution in [0.25, 0.3) is 0 Å². The molecule has 0 radical (unpaired) electrons. The van der Waals surface area contributed by atoms with Crippen LogP contribution in [0.2, 0.25) is 5.02 Å². The van der Waals surface area contributed by atoms with Crippen molar-refractivity contribution in [2.75, 3.05) is 31.5 Å². The number of nitrogens with one attached hydrogen (secondary N) is 2.